The summed E-state index contributed by atoms with van der Waals surface area (Å²) in [6, 6.07) is 12.0. The molecule has 11 heteroatoms. The van der Waals surface area contributed by atoms with E-state index < -0.39 is 10.0 Å². The number of thioether (sulfide) groups is 1. The van der Waals surface area contributed by atoms with E-state index >= 15 is 0 Å². The van der Waals surface area contributed by atoms with E-state index in [2.05, 4.69) is 10.3 Å². The molecule has 0 fully saturated rings. The first-order chi connectivity index (χ1) is 15.5. The largest absolute Gasteiger partial charge is 0.339 e. The second kappa shape index (κ2) is 9.94. The molecular weight excluding hydrogens is 462 g/mol. The Bertz CT molecular complexity index is 1300. The van der Waals surface area contributed by atoms with Gasteiger partial charge in [0, 0.05) is 53.0 Å². The molecule has 0 bridgehead atoms. The van der Waals surface area contributed by atoms with E-state index in [1.54, 1.807) is 50.5 Å². The molecule has 9 nitrogen and oxygen atoms in total. The van der Waals surface area contributed by atoms with Gasteiger partial charge in [0.25, 0.3) is 5.24 Å². The van der Waals surface area contributed by atoms with Crippen LogP contribution in [-0.4, -0.2) is 66.5 Å². The quantitative estimate of drug-likeness (QED) is 0.511. The van der Waals surface area contributed by atoms with Crippen LogP contribution in [0.3, 0.4) is 0 Å². The van der Waals surface area contributed by atoms with Crippen LogP contribution in [0.15, 0.2) is 52.3 Å². The molecule has 0 aliphatic rings. The monoisotopic (exact) mass is 489 g/mol. The Morgan fingerprint density at radius 1 is 1.09 bits per heavy atom. The Balaban J connectivity index is 1.73. The van der Waals surface area contributed by atoms with Gasteiger partial charge in [-0.15, -0.1) is 0 Å². The van der Waals surface area contributed by atoms with Crippen molar-refractivity contribution in [3.63, 3.8) is 0 Å². The minimum Gasteiger partial charge on any atom is -0.339 e. The number of hydrogen-bond acceptors (Lipinski definition) is 6. The summed E-state index contributed by atoms with van der Waals surface area (Å²) in [7, 11) is 4.58. The molecule has 0 aliphatic carbocycles. The summed E-state index contributed by atoms with van der Waals surface area (Å²) in [5.74, 6) is 0.466. The number of imidazole rings is 1. The maximum atomic E-state index is 12.6. The maximum Gasteiger partial charge on any atom is 0.286 e. The van der Waals surface area contributed by atoms with Crippen LogP contribution < -0.4 is 5.32 Å². The van der Waals surface area contributed by atoms with E-state index in [0.717, 1.165) is 21.6 Å². The van der Waals surface area contributed by atoms with Crippen molar-refractivity contribution in [1.29, 1.82) is 0 Å². The number of rotatable bonds is 7. The molecule has 0 saturated heterocycles. The number of hydrogen-bond donors (Lipinski definition) is 1. The third-order valence-corrected chi connectivity index (χ3v) is 7.95. The van der Waals surface area contributed by atoms with Gasteiger partial charge in [0.15, 0.2) is 0 Å². The fraction of sp³-hybridized carbons (Fsp3) is 0.318. The van der Waals surface area contributed by atoms with Crippen LogP contribution in [0.5, 0.6) is 0 Å². The average molecular weight is 490 g/mol. The summed E-state index contributed by atoms with van der Waals surface area (Å²) in [6.45, 7) is 0. The molecule has 0 radical (unpaired) electrons. The van der Waals surface area contributed by atoms with Gasteiger partial charge in [-0.1, -0.05) is 12.1 Å². The molecule has 176 valence electrons. The molecule has 1 N–H and O–H groups in total. The van der Waals surface area contributed by atoms with Crippen molar-refractivity contribution in [2.45, 2.75) is 22.6 Å². The van der Waals surface area contributed by atoms with E-state index in [1.165, 1.54) is 19.0 Å². The fourth-order valence-electron chi connectivity index (χ4n) is 3.11. The molecule has 1 aromatic heterocycles. The van der Waals surface area contributed by atoms with E-state index in [0.29, 0.717) is 28.3 Å². The first-order valence-corrected chi connectivity index (χ1v) is 12.4. The second-order valence-corrected chi connectivity index (χ2v) is 11.0. The number of nitrogens with zero attached hydrogens (tertiary/aromatic N) is 4. The molecule has 3 aromatic rings. The highest BCUT2D eigenvalue weighted by Crippen LogP contribution is 2.29. The standard InChI is InChI=1S/C22H27N5O4S2/c1-25(2)22(29)32-19-9-7-6-8-16(19)24-21(28)13-12-20-23-17-14-15(33(30,31)26(3)4)10-11-18(17)27(20)5/h6-11,14H,12-13H2,1-5H3,(H,24,28). The zero-order chi connectivity index (χ0) is 24.3. The topological polar surface area (TPSA) is 105 Å². The Labute approximate surface area is 197 Å². The highest BCUT2D eigenvalue weighted by molar-refractivity contribution is 8.13. The lowest BCUT2D eigenvalue weighted by Gasteiger charge is -2.13. The first-order valence-electron chi connectivity index (χ1n) is 10.2. The minimum absolute atomic E-state index is 0.132. The lowest BCUT2D eigenvalue weighted by atomic mass is 10.2. The van der Waals surface area contributed by atoms with Gasteiger partial charge in [0.05, 0.1) is 21.6 Å². The molecule has 0 aliphatic heterocycles. The van der Waals surface area contributed by atoms with Crippen LogP contribution in [0.25, 0.3) is 11.0 Å². The predicted molar refractivity (Wildman–Crippen MR) is 130 cm³/mol. The van der Waals surface area contributed by atoms with Gasteiger partial charge in [-0.25, -0.2) is 17.7 Å². The number of amides is 2. The SMILES string of the molecule is CN(C)C(=O)Sc1ccccc1NC(=O)CCc1nc2cc(S(=O)(=O)N(C)C)ccc2n1C. The van der Waals surface area contributed by atoms with Crippen LogP contribution in [0, 0.1) is 0 Å². The van der Waals surface area contributed by atoms with Crippen molar-refractivity contribution in [3.05, 3.63) is 48.3 Å². The number of fused-ring (bicyclic) bond motifs is 1. The number of carbonyl (C=O) groups excluding carboxylic acids is 2. The molecule has 3 rings (SSSR count). The van der Waals surface area contributed by atoms with Crippen LogP contribution in [0.2, 0.25) is 0 Å². The predicted octanol–water partition coefficient (Wildman–Crippen LogP) is 3.17. The van der Waals surface area contributed by atoms with Gasteiger partial charge >= 0.3 is 0 Å². The number of anilines is 1. The van der Waals surface area contributed by atoms with E-state index in [9.17, 15) is 18.0 Å². The van der Waals surface area contributed by atoms with Crippen molar-refractivity contribution in [3.8, 4) is 0 Å². The summed E-state index contributed by atoms with van der Waals surface area (Å²) in [5.41, 5.74) is 1.91. The van der Waals surface area contributed by atoms with Crippen molar-refractivity contribution in [2.24, 2.45) is 7.05 Å². The number of carbonyl (C=O) groups is 2. The zero-order valence-corrected chi connectivity index (χ0v) is 20.8. The lowest BCUT2D eigenvalue weighted by Crippen LogP contribution is -2.22. The molecule has 0 spiro atoms. The molecule has 2 amide bonds. The van der Waals surface area contributed by atoms with E-state index in [1.807, 2.05) is 17.7 Å². The zero-order valence-electron chi connectivity index (χ0n) is 19.2. The van der Waals surface area contributed by atoms with Crippen LogP contribution in [-0.2, 0) is 28.3 Å². The van der Waals surface area contributed by atoms with Crippen LogP contribution in [0.4, 0.5) is 10.5 Å². The summed E-state index contributed by atoms with van der Waals surface area (Å²) in [5, 5.41) is 2.74. The molecule has 0 unspecified atom stereocenters. The molecular formula is C22H27N5O4S2. The van der Waals surface area contributed by atoms with Crippen LogP contribution >= 0.6 is 11.8 Å². The number of sulfonamides is 1. The van der Waals surface area contributed by atoms with Crippen molar-refractivity contribution >= 4 is 49.7 Å². The third-order valence-electron chi connectivity index (χ3n) is 5.02. The molecule has 0 saturated carbocycles. The highest BCUT2D eigenvalue weighted by atomic mass is 32.2. The number of aryl methyl sites for hydroxylation is 2. The van der Waals surface area contributed by atoms with Gasteiger partial charge in [-0.3, -0.25) is 9.59 Å². The number of aromatic nitrogens is 2. The summed E-state index contributed by atoms with van der Waals surface area (Å²) in [6.07, 6.45) is 0.555. The molecule has 0 atom stereocenters. The van der Waals surface area contributed by atoms with Gasteiger partial charge < -0.3 is 14.8 Å². The van der Waals surface area contributed by atoms with Crippen molar-refractivity contribution in [2.75, 3.05) is 33.5 Å². The van der Waals surface area contributed by atoms with Crippen molar-refractivity contribution < 1.29 is 18.0 Å². The Kier molecular flexibility index (Phi) is 7.45. The molecule has 1 heterocycles. The number of para-hydroxylation sites is 1. The van der Waals surface area contributed by atoms with Gasteiger partial charge in [0.2, 0.25) is 15.9 Å². The third kappa shape index (κ3) is 5.55. The van der Waals surface area contributed by atoms with Gasteiger partial charge in [0.1, 0.15) is 5.82 Å². The van der Waals surface area contributed by atoms with E-state index in [4.69, 9.17) is 0 Å². The Morgan fingerprint density at radius 3 is 2.45 bits per heavy atom. The molecule has 2 aromatic carbocycles. The first kappa shape index (κ1) is 24.7. The summed E-state index contributed by atoms with van der Waals surface area (Å²) >= 11 is 1.05. The maximum absolute atomic E-state index is 12.6. The van der Waals surface area contributed by atoms with E-state index in [-0.39, 0.29) is 22.5 Å². The normalized spacial score (nSPS) is 11.7. The lowest BCUT2D eigenvalue weighted by molar-refractivity contribution is -0.116. The number of nitrogens with one attached hydrogen (secondary N) is 1. The Morgan fingerprint density at radius 2 is 1.79 bits per heavy atom. The smallest absolute Gasteiger partial charge is 0.286 e. The van der Waals surface area contributed by atoms with Crippen molar-refractivity contribution in [1.82, 2.24) is 18.8 Å². The van der Waals surface area contributed by atoms with Crippen LogP contribution in [0.1, 0.15) is 12.2 Å². The summed E-state index contributed by atoms with van der Waals surface area (Å²) < 4.78 is 27.8. The average Bonchev–Trinajstić information content (AvgIpc) is 3.08. The van der Waals surface area contributed by atoms with Gasteiger partial charge in [-0.2, -0.15) is 0 Å². The Hall–Kier alpha value is -2.89. The van der Waals surface area contributed by atoms with Gasteiger partial charge in [-0.05, 0) is 42.1 Å². The fourth-order valence-corrected chi connectivity index (χ4v) is 4.78. The second-order valence-electron chi connectivity index (χ2n) is 7.83. The minimum atomic E-state index is -3.56. The summed E-state index contributed by atoms with van der Waals surface area (Å²) in [4.78, 5) is 31.5. The number of benzene rings is 2. The molecule has 33 heavy (non-hydrogen) atoms. The highest BCUT2D eigenvalue weighted by Gasteiger charge is 2.19.